The standard InChI is InChI=1S/C12H21NO/c14-12-8-4-3-6-10(12)11-7-2-1-5-9-13-11/h10-11,13H,1-9H2/t10-,11+/m1/s1. The zero-order chi connectivity index (χ0) is 9.80. The van der Waals surface area contributed by atoms with Crippen LogP contribution in [0.5, 0.6) is 0 Å². The van der Waals surface area contributed by atoms with E-state index in [1.54, 1.807) is 0 Å². The molecule has 0 bridgehead atoms. The third-order valence-electron chi connectivity index (χ3n) is 3.69. The molecule has 0 radical (unpaired) electrons. The van der Waals surface area contributed by atoms with Crippen molar-refractivity contribution >= 4 is 5.78 Å². The number of nitrogens with one attached hydrogen (secondary N) is 1. The van der Waals surface area contributed by atoms with Gasteiger partial charge in [-0.25, -0.2) is 0 Å². The molecule has 0 aromatic rings. The monoisotopic (exact) mass is 195 g/mol. The second-order valence-corrected chi connectivity index (χ2v) is 4.73. The first-order valence-corrected chi connectivity index (χ1v) is 6.14. The second kappa shape index (κ2) is 4.92. The first-order chi connectivity index (χ1) is 6.88. The number of carbonyl (C=O) groups excluding carboxylic acids is 1. The molecule has 14 heavy (non-hydrogen) atoms. The summed E-state index contributed by atoms with van der Waals surface area (Å²) in [7, 11) is 0. The highest BCUT2D eigenvalue weighted by atomic mass is 16.1. The van der Waals surface area contributed by atoms with Gasteiger partial charge in [-0.2, -0.15) is 0 Å². The van der Waals surface area contributed by atoms with Gasteiger partial charge in [0.1, 0.15) is 5.78 Å². The van der Waals surface area contributed by atoms with E-state index >= 15 is 0 Å². The Morgan fingerprint density at radius 3 is 2.71 bits per heavy atom. The number of Topliss-reactive ketones (excluding diaryl/α,β-unsaturated/α-hetero) is 1. The van der Waals surface area contributed by atoms with Crippen molar-refractivity contribution in [2.24, 2.45) is 5.92 Å². The average molecular weight is 195 g/mol. The Morgan fingerprint density at radius 2 is 1.86 bits per heavy atom. The van der Waals surface area contributed by atoms with Gasteiger partial charge in [0.05, 0.1) is 0 Å². The fourth-order valence-corrected chi connectivity index (χ4v) is 2.83. The van der Waals surface area contributed by atoms with Crippen LogP contribution in [0.4, 0.5) is 0 Å². The van der Waals surface area contributed by atoms with E-state index in [2.05, 4.69) is 5.32 Å². The van der Waals surface area contributed by atoms with Crippen LogP contribution < -0.4 is 5.32 Å². The van der Waals surface area contributed by atoms with Gasteiger partial charge in [-0.15, -0.1) is 0 Å². The summed E-state index contributed by atoms with van der Waals surface area (Å²) in [5.74, 6) is 0.873. The summed E-state index contributed by atoms with van der Waals surface area (Å²) >= 11 is 0. The van der Waals surface area contributed by atoms with E-state index in [-0.39, 0.29) is 0 Å². The minimum Gasteiger partial charge on any atom is -0.313 e. The zero-order valence-corrected chi connectivity index (χ0v) is 8.93. The highest BCUT2D eigenvalue weighted by Crippen LogP contribution is 2.27. The van der Waals surface area contributed by atoms with Gasteiger partial charge in [0.2, 0.25) is 0 Å². The minimum absolute atomic E-state index is 0.349. The Labute approximate surface area is 86.5 Å². The van der Waals surface area contributed by atoms with Crippen LogP contribution in [0.25, 0.3) is 0 Å². The Hall–Kier alpha value is -0.370. The van der Waals surface area contributed by atoms with Gasteiger partial charge >= 0.3 is 0 Å². The molecule has 2 fully saturated rings. The molecule has 1 aliphatic heterocycles. The summed E-state index contributed by atoms with van der Waals surface area (Å²) in [6, 6.07) is 0.505. The first kappa shape index (κ1) is 10.2. The molecule has 0 unspecified atom stereocenters. The van der Waals surface area contributed by atoms with Gasteiger partial charge in [0.25, 0.3) is 0 Å². The lowest BCUT2D eigenvalue weighted by molar-refractivity contribution is -0.125. The van der Waals surface area contributed by atoms with Gasteiger partial charge < -0.3 is 5.32 Å². The lowest BCUT2D eigenvalue weighted by atomic mass is 9.81. The number of hydrogen-bond acceptors (Lipinski definition) is 2. The van der Waals surface area contributed by atoms with Crippen molar-refractivity contribution < 1.29 is 4.79 Å². The van der Waals surface area contributed by atoms with Crippen LogP contribution in [0.3, 0.4) is 0 Å². The Morgan fingerprint density at radius 1 is 1.00 bits per heavy atom. The number of rotatable bonds is 1. The lowest BCUT2D eigenvalue weighted by Crippen LogP contribution is -2.40. The van der Waals surface area contributed by atoms with Crippen molar-refractivity contribution in [1.29, 1.82) is 0 Å². The Bertz CT molecular complexity index is 194. The van der Waals surface area contributed by atoms with Crippen molar-refractivity contribution in [3.8, 4) is 0 Å². The van der Waals surface area contributed by atoms with Gasteiger partial charge in [-0.1, -0.05) is 19.3 Å². The van der Waals surface area contributed by atoms with Gasteiger partial charge in [0, 0.05) is 18.4 Å². The van der Waals surface area contributed by atoms with Crippen LogP contribution in [0.1, 0.15) is 51.4 Å². The second-order valence-electron chi connectivity index (χ2n) is 4.73. The number of carbonyl (C=O) groups is 1. The molecule has 1 saturated heterocycles. The number of ketones is 1. The van der Waals surface area contributed by atoms with E-state index in [0.29, 0.717) is 17.7 Å². The highest BCUT2D eigenvalue weighted by molar-refractivity contribution is 5.82. The van der Waals surface area contributed by atoms with Crippen LogP contribution in [-0.4, -0.2) is 18.4 Å². The molecule has 2 rings (SSSR count). The van der Waals surface area contributed by atoms with E-state index in [9.17, 15) is 4.79 Å². The predicted octanol–water partition coefficient (Wildman–Crippen LogP) is 2.28. The Kier molecular flexibility index (Phi) is 3.57. The quantitative estimate of drug-likeness (QED) is 0.695. The molecule has 0 spiro atoms. The molecular weight excluding hydrogens is 174 g/mol. The summed E-state index contributed by atoms with van der Waals surface area (Å²) in [6.07, 6.45) is 9.51. The molecule has 80 valence electrons. The molecular formula is C12H21NO. The highest BCUT2D eigenvalue weighted by Gasteiger charge is 2.29. The van der Waals surface area contributed by atoms with Crippen molar-refractivity contribution in [2.45, 2.75) is 57.4 Å². The summed E-state index contributed by atoms with van der Waals surface area (Å²) in [6.45, 7) is 1.12. The molecule has 2 atom stereocenters. The number of hydrogen-bond donors (Lipinski definition) is 1. The summed E-state index contributed by atoms with van der Waals surface area (Å²) < 4.78 is 0. The fourth-order valence-electron chi connectivity index (χ4n) is 2.83. The molecule has 2 nitrogen and oxygen atoms in total. The Balaban J connectivity index is 1.93. The van der Waals surface area contributed by atoms with Crippen LogP contribution in [0.15, 0.2) is 0 Å². The van der Waals surface area contributed by atoms with E-state index in [0.717, 1.165) is 25.8 Å². The van der Waals surface area contributed by atoms with E-state index < -0.39 is 0 Å². The molecule has 0 aromatic carbocycles. The summed E-state index contributed by atoms with van der Waals surface area (Å²) in [5, 5.41) is 3.56. The molecule has 2 aliphatic rings. The van der Waals surface area contributed by atoms with Gasteiger partial charge in [0.15, 0.2) is 0 Å². The molecule has 1 heterocycles. The third kappa shape index (κ3) is 2.35. The van der Waals surface area contributed by atoms with E-state index in [1.165, 1.54) is 32.1 Å². The topological polar surface area (TPSA) is 29.1 Å². The maximum atomic E-state index is 11.8. The SMILES string of the molecule is O=C1CCCC[C@@H]1[C@@H]1CCCCCN1. The fraction of sp³-hybridized carbons (Fsp3) is 0.917. The van der Waals surface area contributed by atoms with Gasteiger partial charge in [-0.3, -0.25) is 4.79 Å². The summed E-state index contributed by atoms with van der Waals surface area (Å²) in [4.78, 5) is 11.8. The largest absolute Gasteiger partial charge is 0.313 e. The molecule has 0 amide bonds. The maximum Gasteiger partial charge on any atom is 0.137 e. The van der Waals surface area contributed by atoms with Crippen molar-refractivity contribution in [3.63, 3.8) is 0 Å². The lowest BCUT2D eigenvalue weighted by Gasteiger charge is -2.28. The zero-order valence-electron chi connectivity index (χ0n) is 8.93. The predicted molar refractivity (Wildman–Crippen MR) is 57.2 cm³/mol. The van der Waals surface area contributed by atoms with Crippen LogP contribution >= 0.6 is 0 Å². The van der Waals surface area contributed by atoms with Crippen molar-refractivity contribution in [2.75, 3.05) is 6.54 Å². The molecule has 1 N–H and O–H groups in total. The van der Waals surface area contributed by atoms with E-state index in [4.69, 9.17) is 0 Å². The first-order valence-electron chi connectivity index (χ1n) is 6.14. The molecule has 1 saturated carbocycles. The van der Waals surface area contributed by atoms with Crippen molar-refractivity contribution in [3.05, 3.63) is 0 Å². The summed E-state index contributed by atoms with van der Waals surface area (Å²) in [5.41, 5.74) is 0. The molecule has 1 aliphatic carbocycles. The smallest absolute Gasteiger partial charge is 0.137 e. The molecule has 2 heteroatoms. The van der Waals surface area contributed by atoms with Gasteiger partial charge in [-0.05, 0) is 32.2 Å². The maximum absolute atomic E-state index is 11.8. The van der Waals surface area contributed by atoms with Crippen molar-refractivity contribution in [1.82, 2.24) is 5.32 Å². The minimum atomic E-state index is 0.349. The van der Waals surface area contributed by atoms with E-state index in [1.807, 2.05) is 0 Å². The average Bonchev–Trinajstić information content (AvgIpc) is 2.47. The molecule has 0 aromatic heterocycles. The van der Waals surface area contributed by atoms with Crippen LogP contribution in [0, 0.1) is 5.92 Å². The van der Waals surface area contributed by atoms with Crippen LogP contribution in [0.2, 0.25) is 0 Å². The van der Waals surface area contributed by atoms with Crippen LogP contribution in [-0.2, 0) is 4.79 Å². The normalized spacial score (nSPS) is 35.3. The third-order valence-corrected chi connectivity index (χ3v) is 3.69.